The van der Waals surface area contributed by atoms with Gasteiger partial charge in [-0.1, -0.05) is 48.0 Å². The van der Waals surface area contributed by atoms with Gasteiger partial charge in [-0.05, 0) is 42.3 Å². The van der Waals surface area contributed by atoms with E-state index in [1.807, 2.05) is 13.8 Å². The number of aliphatic hydroxyl groups is 4. The molecule has 186 valence electrons. The van der Waals surface area contributed by atoms with Gasteiger partial charge in [0.2, 0.25) is 0 Å². The minimum atomic E-state index is -1.65. The number of fused-ring (bicyclic) bond motifs is 1. The van der Waals surface area contributed by atoms with E-state index in [1.54, 1.807) is 0 Å². The first-order valence-corrected chi connectivity index (χ1v) is 12.9. The van der Waals surface area contributed by atoms with Crippen molar-refractivity contribution in [2.75, 3.05) is 12.4 Å². The van der Waals surface area contributed by atoms with Crippen LogP contribution in [-0.2, 0) is 9.53 Å². The zero-order chi connectivity index (χ0) is 24.5. The highest BCUT2D eigenvalue weighted by Crippen LogP contribution is 2.56. The van der Waals surface area contributed by atoms with Gasteiger partial charge in [0.05, 0.1) is 36.4 Å². The number of hydrogen-bond donors (Lipinski definition) is 5. The van der Waals surface area contributed by atoms with Crippen LogP contribution in [0.5, 0.6) is 0 Å². The molecule has 2 aliphatic rings. The standard InChI is InChI=1S/C24H43NO6S/c1-7-23(6,13-22(4,5)9-8-16(25)18(27)14(2)3)10-11-32-21-17-20(29)19(28)15(12-26)24(17,30)31-21/h14-15,17,19-21,25-26,28-30H,7-13H2,1-6H3. The van der Waals surface area contributed by atoms with Crippen LogP contribution in [-0.4, -0.2) is 67.7 Å². The molecular weight excluding hydrogens is 430 g/mol. The molecule has 1 saturated heterocycles. The predicted molar refractivity (Wildman–Crippen MR) is 127 cm³/mol. The molecule has 7 atom stereocenters. The Morgan fingerprint density at radius 3 is 2.34 bits per heavy atom. The molecule has 0 aromatic heterocycles. The molecule has 1 saturated carbocycles. The summed E-state index contributed by atoms with van der Waals surface area (Å²) >= 11 is 1.54. The quantitative estimate of drug-likeness (QED) is 0.260. The number of carbonyl (C=O) groups excluding carboxylic acids is 1. The molecule has 0 radical (unpaired) electrons. The molecular formula is C24H43NO6S. The van der Waals surface area contributed by atoms with Gasteiger partial charge in [-0.15, -0.1) is 11.8 Å². The molecule has 0 aromatic carbocycles. The van der Waals surface area contributed by atoms with E-state index in [-0.39, 0.29) is 28.2 Å². The molecule has 2 rings (SSSR count). The van der Waals surface area contributed by atoms with E-state index in [1.165, 1.54) is 11.8 Å². The molecule has 7 nitrogen and oxygen atoms in total. The first kappa shape index (κ1) is 27.7. The lowest BCUT2D eigenvalue weighted by atomic mass is 9.69. The van der Waals surface area contributed by atoms with Crippen molar-refractivity contribution in [2.45, 2.75) is 97.1 Å². The van der Waals surface area contributed by atoms with Crippen molar-refractivity contribution in [2.24, 2.45) is 28.6 Å². The second-order valence-corrected chi connectivity index (χ2v) is 12.4. The van der Waals surface area contributed by atoms with Crippen LogP contribution in [0.25, 0.3) is 0 Å². The topological polar surface area (TPSA) is 131 Å². The van der Waals surface area contributed by atoms with E-state index in [4.69, 9.17) is 10.1 Å². The van der Waals surface area contributed by atoms with Crippen molar-refractivity contribution in [3.63, 3.8) is 0 Å². The van der Waals surface area contributed by atoms with Crippen molar-refractivity contribution in [3.05, 3.63) is 0 Å². The maximum atomic E-state index is 12.0. The van der Waals surface area contributed by atoms with E-state index in [2.05, 4.69) is 27.7 Å². The Morgan fingerprint density at radius 2 is 1.81 bits per heavy atom. The summed E-state index contributed by atoms with van der Waals surface area (Å²) in [7, 11) is 0. The first-order chi connectivity index (χ1) is 14.7. The monoisotopic (exact) mass is 473 g/mol. The average molecular weight is 474 g/mol. The summed E-state index contributed by atoms with van der Waals surface area (Å²) in [6.07, 6.45) is 1.88. The highest BCUT2D eigenvalue weighted by Gasteiger charge is 2.70. The van der Waals surface area contributed by atoms with Crippen LogP contribution in [0.2, 0.25) is 0 Å². The number of aliphatic hydroxyl groups excluding tert-OH is 3. The largest absolute Gasteiger partial charge is 0.396 e. The summed E-state index contributed by atoms with van der Waals surface area (Å²) in [6.45, 7) is 12.0. The zero-order valence-electron chi connectivity index (χ0n) is 20.4. The SMILES string of the molecule is CCC(C)(CCSC1OC2(O)C(CO)C(O)C(O)C12)CC(C)(C)CCC(=N)C(=O)C(C)C. The van der Waals surface area contributed by atoms with Crippen LogP contribution in [0.3, 0.4) is 0 Å². The Hall–Kier alpha value is -0.510. The fourth-order valence-electron chi connectivity index (χ4n) is 5.26. The number of nitrogens with one attached hydrogen (secondary N) is 1. The molecule has 8 heteroatoms. The van der Waals surface area contributed by atoms with Gasteiger partial charge in [0.15, 0.2) is 11.6 Å². The third kappa shape index (κ3) is 5.76. The number of Topliss-reactive ketones (excluding diaryl/α,β-unsaturated/α-hetero) is 1. The molecule has 0 bridgehead atoms. The molecule has 32 heavy (non-hydrogen) atoms. The lowest BCUT2D eigenvalue weighted by Gasteiger charge is -2.49. The fourth-order valence-corrected chi connectivity index (χ4v) is 6.89. The third-order valence-electron chi connectivity index (χ3n) is 7.55. The summed E-state index contributed by atoms with van der Waals surface area (Å²) in [5, 5.41) is 48.5. The van der Waals surface area contributed by atoms with Crippen LogP contribution >= 0.6 is 11.8 Å². The molecule has 5 N–H and O–H groups in total. The van der Waals surface area contributed by atoms with Gasteiger partial charge in [-0.3, -0.25) is 4.79 Å². The second-order valence-electron chi connectivity index (χ2n) is 11.2. The number of rotatable bonds is 13. The van der Waals surface area contributed by atoms with Gasteiger partial charge < -0.3 is 30.6 Å². The lowest BCUT2D eigenvalue weighted by molar-refractivity contribution is -0.355. The maximum Gasteiger partial charge on any atom is 0.183 e. The lowest BCUT2D eigenvalue weighted by Crippen LogP contribution is -2.61. The molecule has 1 aliphatic heterocycles. The summed E-state index contributed by atoms with van der Waals surface area (Å²) in [6, 6.07) is 0. The number of thioether (sulfide) groups is 1. The van der Waals surface area contributed by atoms with Crippen LogP contribution in [0, 0.1) is 34.0 Å². The first-order valence-electron chi connectivity index (χ1n) is 11.8. The summed E-state index contributed by atoms with van der Waals surface area (Å²) < 4.78 is 5.63. The second kappa shape index (κ2) is 10.4. The summed E-state index contributed by atoms with van der Waals surface area (Å²) in [5.41, 5.74) is -0.123. The van der Waals surface area contributed by atoms with Crippen molar-refractivity contribution in [3.8, 4) is 0 Å². The van der Waals surface area contributed by atoms with Gasteiger partial charge in [0.1, 0.15) is 5.44 Å². The van der Waals surface area contributed by atoms with E-state index in [0.29, 0.717) is 6.42 Å². The normalized spacial score (nSPS) is 34.2. The van der Waals surface area contributed by atoms with Gasteiger partial charge in [-0.2, -0.15) is 0 Å². The van der Waals surface area contributed by atoms with Crippen molar-refractivity contribution in [1.29, 1.82) is 5.41 Å². The highest BCUT2D eigenvalue weighted by molar-refractivity contribution is 7.99. The molecule has 0 amide bonds. The number of ketones is 1. The predicted octanol–water partition coefficient (Wildman–Crippen LogP) is 2.97. The Kier molecular flexibility index (Phi) is 9.01. The molecule has 1 heterocycles. The van der Waals surface area contributed by atoms with Crippen LogP contribution in [0.15, 0.2) is 0 Å². The van der Waals surface area contributed by atoms with E-state index in [9.17, 15) is 25.2 Å². The zero-order valence-corrected chi connectivity index (χ0v) is 21.2. The molecule has 0 aromatic rings. The summed E-state index contributed by atoms with van der Waals surface area (Å²) in [5.74, 6) is -2.57. The Bertz CT molecular complexity index is 685. The van der Waals surface area contributed by atoms with Crippen molar-refractivity contribution >= 4 is 23.3 Å². The number of ether oxygens (including phenoxy) is 1. The molecule has 0 spiro atoms. The van der Waals surface area contributed by atoms with Gasteiger partial charge >= 0.3 is 0 Å². The highest BCUT2D eigenvalue weighted by atomic mass is 32.2. The fraction of sp³-hybridized carbons (Fsp3) is 0.917. The maximum absolute atomic E-state index is 12.0. The third-order valence-corrected chi connectivity index (χ3v) is 8.71. The van der Waals surface area contributed by atoms with Gasteiger partial charge in [0, 0.05) is 5.92 Å². The van der Waals surface area contributed by atoms with Crippen LogP contribution in [0.1, 0.15) is 73.6 Å². The average Bonchev–Trinajstić information content (AvgIpc) is 2.84. The van der Waals surface area contributed by atoms with Gasteiger partial charge in [-0.25, -0.2) is 0 Å². The summed E-state index contributed by atoms with van der Waals surface area (Å²) in [4.78, 5) is 12.0. The number of hydrogen-bond acceptors (Lipinski definition) is 8. The minimum Gasteiger partial charge on any atom is -0.396 e. The molecule has 1 aliphatic carbocycles. The smallest absolute Gasteiger partial charge is 0.183 e. The van der Waals surface area contributed by atoms with Crippen molar-refractivity contribution in [1.82, 2.24) is 0 Å². The van der Waals surface area contributed by atoms with E-state index < -0.39 is 41.9 Å². The molecule has 7 unspecified atom stereocenters. The van der Waals surface area contributed by atoms with E-state index in [0.717, 1.165) is 31.4 Å². The Balaban J connectivity index is 1.86. The Morgan fingerprint density at radius 1 is 1.19 bits per heavy atom. The minimum absolute atomic E-state index is 0.00763. The van der Waals surface area contributed by atoms with Crippen LogP contribution < -0.4 is 0 Å². The van der Waals surface area contributed by atoms with Crippen molar-refractivity contribution < 1.29 is 30.0 Å². The Labute approximate surface area is 196 Å². The molecule has 2 fully saturated rings. The van der Waals surface area contributed by atoms with Crippen LogP contribution in [0.4, 0.5) is 0 Å². The van der Waals surface area contributed by atoms with E-state index >= 15 is 0 Å². The number of carbonyl (C=O) groups is 1. The van der Waals surface area contributed by atoms with Gasteiger partial charge in [0.25, 0.3) is 0 Å².